The Morgan fingerprint density at radius 1 is 1.00 bits per heavy atom. The Labute approximate surface area is 121 Å². The zero-order chi connectivity index (χ0) is 14.5. The van der Waals surface area contributed by atoms with E-state index in [-0.39, 0.29) is 11.7 Å². The number of nitrogens with zero attached hydrogens (tertiary/aromatic N) is 1. The Bertz CT molecular complexity index is 470. The Morgan fingerprint density at radius 2 is 1.55 bits per heavy atom. The quantitative estimate of drug-likeness (QED) is 0.787. The molecule has 0 atom stereocenters. The fourth-order valence-corrected chi connectivity index (χ4v) is 2.57. The molecule has 1 aromatic rings. The minimum absolute atomic E-state index is 0.0903. The number of ketones is 1. The number of carbonyl (C=O) groups is 2. The molecule has 108 valence electrons. The summed E-state index contributed by atoms with van der Waals surface area (Å²) in [5, 5.41) is 0. The molecule has 20 heavy (non-hydrogen) atoms. The Balaban J connectivity index is 2.03. The van der Waals surface area contributed by atoms with Gasteiger partial charge in [-0.3, -0.25) is 9.59 Å². The first-order valence-electron chi connectivity index (χ1n) is 7.50. The summed E-state index contributed by atoms with van der Waals surface area (Å²) < 4.78 is 0. The summed E-state index contributed by atoms with van der Waals surface area (Å²) in [5.41, 5.74) is 1.39. The summed E-state index contributed by atoms with van der Waals surface area (Å²) in [7, 11) is 0. The van der Waals surface area contributed by atoms with Crippen LogP contribution in [0.25, 0.3) is 0 Å². The maximum atomic E-state index is 12.3. The molecular formula is C17H23NO2. The van der Waals surface area contributed by atoms with Crippen molar-refractivity contribution in [2.75, 3.05) is 13.1 Å². The van der Waals surface area contributed by atoms with E-state index in [0.717, 1.165) is 25.9 Å². The molecule has 0 radical (unpaired) electrons. The molecule has 2 rings (SSSR count). The maximum absolute atomic E-state index is 12.3. The van der Waals surface area contributed by atoms with Crippen molar-refractivity contribution in [1.29, 1.82) is 0 Å². The summed E-state index contributed by atoms with van der Waals surface area (Å²) in [6.07, 6.45) is 3.96. The highest BCUT2D eigenvalue weighted by Crippen LogP contribution is 2.15. The van der Waals surface area contributed by atoms with E-state index in [0.29, 0.717) is 23.5 Å². The van der Waals surface area contributed by atoms with E-state index in [4.69, 9.17) is 0 Å². The first-order valence-corrected chi connectivity index (χ1v) is 7.50. The molecule has 1 aliphatic heterocycles. The predicted octanol–water partition coefficient (Wildman–Crippen LogP) is 3.54. The van der Waals surface area contributed by atoms with Gasteiger partial charge in [-0.15, -0.1) is 0 Å². The SMILES string of the molecule is CC(C)CC(=O)c1ccc(C(=O)N2CCCCC2)cc1. The van der Waals surface area contributed by atoms with Crippen LogP contribution in [0.1, 0.15) is 60.2 Å². The molecule has 3 nitrogen and oxygen atoms in total. The number of Topliss-reactive ketones (excluding diaryl/α,β-unsaturated/α-hetero) is 1. The van der Waals surface area contributed by atoms with Gasteiger partial charge in [0.25, 0.3) is 5.91 Å². The van der Waals surface area contributed by atoms with Crippen molar-refractivity contribution >= 4 is 11.7 Å². The smallest absolute Gasteiger partial charge is 0.253 e. The van der Waals surface area contributed by atoms with Crippen LogP contribution in [-0.4, -0.2) is 29.7 Å². The fourth-order valence-electron chi connectivity index (χ4n) is 2.57. The number of benzene rings is 1. The molecule has 1 fully saturated rings. The van der Waals surface area contributed by atoms with Gasteiger partial charge in [0.2, 0.25) is 0 Å². The molecule has 0 unspecified atom stereocenters. The number of rotatable bonds is 4. The van der Waals surface area contributed by atoms with E-state index >= 15 is 0 Å². The first kappa shape index (κ1) is 14.8. The van der Waals surface area contributed by atoms with E-state index in [1.807, 2.05) is 18.7 Å². The van der Waals surface area contributed by atoms with Crippen molar-refractivity contribution in [1.82, 2.24) is 4.90 Å². The number of carbonyl (C=O) groups excluding carboxylic acids is 2. The highest BCUT2D eigenvalue weighted by atomic mass is 16.2. The van der Waals surface area contributed by atoms with E-state index in [9.17, 15) is 9.59 Å². The Morgan fingerprint density at radius 3 is 2.10 bits per heavy atom. The van der Waals surface area contributed by atoms with Crippen LogP contribution >= 0.6 is 0 Å². The number of hydrogen-bond donors (Lipinski definition) is 0. The van der Waals surface area contributed by atoms with Crippen molar-refractivity contribution in [3.8, 4) is 0 Å². The molecule has 0 aliphatic carbocycles. The summed E-state index contributed by atoms with van der Waals surface area (Å²) >= 11 is 0. The van der Waals surface area contributed by atoms with Gasteiger partial charge in [0.05, 0.1) is 0 Å². The Hall–Kier alpha value is -1.64. The fraction of sp³-hybridized carbons (Fsp3) is 0.529. The third-order valence-corrected chi connectivity index (χ3v) is 3.69. The molecule has 1 saturated heterocycles. The standard InChI is InChI=1S/C17H23NO2/c1-13(2)12-16(19)14-6-8-15(9-7-14)17(20)18-10-4-3-5-11-18/h6-9,13H,3-5,10-12H2,1-2H3. The molecule has 0 N–H and O–H groups in total. The van der Waals surface area contributed by atoms with Crippen LogP contribution in [0.3, 0.4) is 0 Å². The minimum Gasteiger partial charge on any atom is -0.339 e. The van der Waals surface area contributed by atoms with E-state index in [1.165, 1.54) is 6.42 Å². The molecule has 1 aromatic carbocycles. The average molecular weight is 273 g/mol. The lowest BCUT2D eigenvalue weighted by molar-refractivity contribution is 0.0724. The lowest BCUT2D eigenvalue weighted by Gasteiger charge is -2.26. The highest BCUT2D eigenvalue weighted by Gasteiger charge is 2.18. The van der Waals surface area contributed by atoms with Gasteiger partial charge in [0, 0.05) is 30.6 Å². The number of amides is 1. The average Bonchev–Trinajstić information content (AvgIpc) is 2.47. The molecule has 1 amide bonds. The molecule has 3 heteroatoms. The normalized spacial score (nSPS) is 15.4. The highest BCUT2D eigenvalue weighted by molar-refractivity contribution is 5.98. The second-order valence-electron chi connectivity index (χ2n) is 5.95. The van der Waals surface area contributed by atoms with Crippen LogP contribution in [0.4, 0.5) is 0 Å². The summed E-state index contributed by atoms with van der Waals surface area (Å²) in [6, 6.07) is 7.12. The first-order chi connectivity index (χ1) is 9.58. The predicted molar refractivity (Wildman–Crippen MR) is 80.0 cm³/mol. The third kappa shape index (κ3) is 3.69. The van der Waals surface area contributed by atoms with Crippen LogP contribution in [0.5, 0.6) is 0 Å². The minimum atomic E-state index is 0.0903. The van der Waals surface area contributed by atoms with E-state index in [2.05, 4.69) is 0 Å². The van der Waals surface area contributed by atoms with Gasteiger partial charge in [-0.05, 0) is 37.3 Å². The summed E-state index contributed by atoms with van der Waals surface area (Å²) in [4.78, 5) is 26.2. The van der Waals surface area contributed by atoms with Crippen LogP contribution in [0, 0.1) is 5.92 Å². The van der Waals surface area contributed by atoms with Crippen molar-refractivity contribution < 1.29 is 9.59 Å². The molecule has 1 heterocycles. The van der Waals surface area contributed by atoms with Gasteiger partial charge in [0.15, 0.2) is 5.78 Å². The Kier molecular flexibility index (Phi) is 4.94. The lowest BCUT2D eigenvalue weighted by Crippen LogP contribution is -2.35. The lowest BCUT2D eigenvalue weighted by atomic mass is 10.00. The van der Waals surface area contributed by atoms with Gasteiger partial charge in [0.1, 0.15) is 0 Å². The number of likely N-dealkylation sites (tertiary alicyclic amines) is 1. The van der Waals surface area contributed by atoms with Gasteiger partial charge < -0.3 is 4.90 Å². The zero-order valence-corrected chi connectivity index (χ0v) is 12.4. The zero-order valence-electron chi connectivity index (χ0n) is 12.4. The maximum Gasteiger partial charge on any atom is 0.253 e. The summed E-state index contributed by atoms with van der Waals surface area (Å²) in [6.45, 7) is 5.78. The van der Waals surface area contributed by atoms with Crippen LogP contribution in [-0.2, 0) is 0 Å². The van der Waals surface area contributed by atoms with Crippen LogP contribution < -0.4 is 0 Å². The molecule has 0 saturated carbocycles. The van der Waals surface area contributed by atoms with Gasteiger partial charge >= 0.3 is 0 Å². The van der Waals surface area contributed by atoms with Crippen LogP contribution in [0.15, 0.2) is 24.3 Å². The molecule has 0 aromatic heterocycles. The molecule has 0 bridgehead atoms. The summed E-state index contributed by atoms with van der Waals surface area (Å²) in [5.74, 6) is 0.599. The number of piperidine rings is 1. The monoisotopic (exact) mass is 273 g/mol. The molecule has 1 aliphatic rings. The molecule has 0 spiro atoms. The van der Waals surface area contributed by atoms with Crippen LogP contribution in [0.2, 0.25) is 0 Å². The van der Waals surface area contributed by atoms with E-state index < -0.39 is 0 Å². The van der Waals surface area contributed by atoms with Crippen molar-refractivity contribution in [3.63, 3.8) is 0 Å². The number of hydrogen-bond acceptors (Lipinski definition) is 2. The van der Waals surface area contributed by atoms with Crippen molar-refractivity contribution in [3.05, 3.63) is 35.4 Å². The van der Waals surface area contributed by atoms with Crippen molar-refractivity contribution in [2.24, 2.45) is 5.92 Å². The van der Waals surface area contributed by atoms with Gasteiger partial charge in [-0.25, -0.2) is 0 Å². The molecular weight excluding hydrogens is 250 g/mol. The van der Waals surface area contributed by atoms with E-state index in [1.54, 1.807) is 24.3 Å². The largest absolute Gasteiger partial charge is 0.339 e. The second kappa shape index (κ2) is 6.69. The third-order valence-electron chi connectivity index (χ3n) is 3.69. The van der Waals surface area contributed by atoms with Gasteiger partial charge in [-0.2, -0.15) is 0 Å². The van der Waals surface area contributed by atoms with Crippen molar-refractivity contribution in [2.45, 2.75) is 39.5 Å². The second-order valence-corrected chi connectivity index (χ2v) is 5.95. The topological polar surface area (TPSA) is 37.4 Å². The van der Waals surface area contributed by atoms with Gasteiger partial charge in [-0.1, -0.05) is 26.0 Å².